The molecule has 0 aliphatic carbocycles. The highest BCUT2D eigenvalue weighted by Crippen LogP contribution is 2.18. The zero-order valence-electron chi connectivity index (χ0n) is 8.75. The highest BCUT2D eigenvalue weighted by Gasteiger charge is 2.10. The van der Waals surface area contributed by atoms with Crippen molar-refractivity contribution in [3.8, 4) is 0 Å². The van der Waals surface area contributed by atoms with E-state index in [-0.39, 0.29) is 6.04 Å². The van der Waals surface area contributed by atoms with Crippen LogP contribution in [0, 0.1) is 6.92 Å². The van der Waals surface area contributed by atoms with Crippen molar-refractivity contribution in [1.29, 1.82) is 0 Å². The van der Waals surface area contributed by atoms with Gasteiger partial charge in [0, 0.05) is 24.8 Å². The number of aryl methyl sites for hydroxylation is 2. The summed E-state index contributed by atoms with van der Waals surface area (Å²) in [5, 5.41) is 4.28. The van der Waals surface area contributed by atoms with E-state index in [0.717, 1.165) is 12.1 Å². The summed E-state index contributed by atoms with van der Waals surface area (Å²) in [6.07, 6.45) is 5.47. The number of unbranched alkanes of at least 4 members (excludes halogenated alkanes) is 1. The third-order valence-corrected chi connectivity index (χ3v) is 2.32. The maximum atomic E-state index is 6.04. The summed E-state index contributed by atoms with van der Waals surface area (Å²) in [6, 6.07) is 0.161. The minimum absolute atomic E-state index is 0.161. The molecule has 0 bridgehead atoms. The zero-order valence-corrected chi connectivity index (χ0v) is 8.75. The van der Waals surface area contributed by atoms with Crippen LogP contribution in [0.1, 0.15) is 43.5 Å². The number of hydrogen-bond donors (Lipinski definition) is 1. The summed E-state index contributed by atoms with van der Waals surface area (Å²) in [5.41, 5.74) is 8.29. The lowest BCUT2D eigenvalue weighted by Gasteiger charge is -2.08. The van der Waals surface area contributed by atoms with Crippen LogP contribution in [0.25, 0.3) is 0 Å². The number of aromatic nitrogens is 2. The van der Waals surface area contributed by atoms with Crippen LogP contribution in [-0.4, -0.2) is 9.78 Å². The first-order valence-corrected chi connectivity index (χ1v) is 4.91. The molecule has 74 valence electrons. The van der Waals surface area contributed by atoms with Crippen LogP contribution in [0.2, 0.25) is 0 Å². The predicted octanol–water partition coefficient (Wildman–Crippen LogP) is 1.92. The van der Waals surface area contributed by atoms with Crippen molar-refractivity contribution < 1.29 is 0 Å². The van der Waals surface area contributed by atoms with E-state index < -0.39 is 0 Å². The van der Waals surface area contributed by atoms with Crippen molar-refractivity contribution in [3.63, 3.8) is 0 Å². The molecule has 0 amide bonds. The molecule has 1 aromatic heterocycles. The fourth-order valence-electron chi connectivity index (χ4n) is 1.56. The van der Waals surface area contributed by atoms with E-state index in [9.17, 15) is 0 Å². The Morgan fingerprint density at radius 2 is 2.31 bits per heavy atom. The molecule has 3 heteroatoms. The molecule has 0 aliphatic heterocycles. The van der Waals surface area contributed by atoms with Gasteiger partial charge in [-0.3, -0.25) is 4.68 Å². The molecule has 0 saturated carbocycles. The molecule has 3 nitrogen and oxygen atoms in total. The molecule has 13 heavy (non-hydrogen) atoms. The normalized spacial score (nSPS) is 13.2. The van der Waals surface area contributed by atoms with Crippen LogP contribution < -0.4 is 5.73 Å². The number of hydrogen-bond acceptors (Lipinski definition) is 2. The molecule has 0 aromatic carbocycles. The van der Waals surface area contributed by atoms with Gasteiger partial charge in [-0.2, -0.15) is 5.10 Å². The Morgan fingerprint density at radius 3 is 2.77 bits per heavy atom. The summed E-state index contributed by atoms with van der Waals surface area (Å²) in [6.45, 7) is 4.20. The number of rotatable bonds is 4. The fraction of sp³-hybridized carbons (Fsp3) is 0.700. The van der Waals surface area contributed by atoms with Gasteiger partial charge in [0.2, 0.25) is 0 Å². The lowest BCUT2D eigenvalue weighted by Crippen LogP contribution is -2.10. The van der Waals surface area contributed by atoms with Crippen molar-refractivity contribution in [2.24, 2.45) is 12.8 Å². The van der Waals surface area contributed by atoms with Crippen molar-refractivity contribution >= 4 is 0 Å². The van der Waals surface area contributed by atoms with Crippen molar-refractivity contribution in [2.45, 2.75) is 39.2 Å². The van der Waals surface area contributed by atoms with Crippen molar-refractivity contribution in [2.75, 3.05) is 0 Å². The van der Waals surface area contributed by atoms with Crippen molar-refractivity contribution in [1.82, 2.24) is 9.78 Å². The third-order valence-electron chi connectivity index (χ3n) is 2.32. The van der Waals surface area contributed by atoms with Crippen LogP contribution >= 0.6 is 0 Å². The first-order chi connectivity index (χ1) is 6.15. The molecule has 1 rings (SSSR count). The standard InChI is InChI=1S/C10H19N3/c1-4-5-6-10(11)9-7-13(3)12-8(9)2/h7,10H,4-6,11H2,1-3H3. The molecular formula is C10H19N3. The van der Waals surface area contributed by atoms with Gasteiger partial charge >= 0.3 is 0 Å². The molecule has 2 N–H and O–H groups in total. The third kappa shape index (κ3) is 2.56. The maximum Gasteiger partial charge on any atom is 0.0641 e. The van der Waals surface area contributed by atoms with Gasteiger partial charge in [0.05, 0.1) is 5.69 Å². The second-order valence-electron chi connectivity index (χ2n) is 3.59. The summed E-state index contributed by atoms with van der Waals surface area (Å²) < 4.78 is 1.83. The largest absolute Gasteiger partial charge is 0.324 e. The molecule has 1 aromatic rings. The molecule has 0 radical (unpaired) electrons. The van der Waals surface area contributed by atoms with Gasteiger partial charge in [-0.1, -0.05) is 19.8 Å². The van der Waals surface area contributed by atoms with Gasteiger partial charge in [-0.15, -0.1) is 0 Å². The van der Waals surface area contributed by atoms with Crippen LogP contribution in [-0.2, 0) is 7.05 Å². The smallest absolute Gasteiger partial charge is 0.0641 e. The summed E-state index contributed by atoms with van der Waals surface area (Å²) in [5.74, 6) is 0. The average Bonchev–Trinajstić information content (AvgIpc) is 2.41. The zero-order chi connectivity index (χ0) is 9.84. The fourth-order valence-corrected chi connectivity index (χ4v) is 1.56. The lowest BCUT2D eigenvalue weighted by atomic mass is 10.0. The van der Waals surface area contributed by atoms with Crippen LogP contribution in [0.5, 0.6) is 0 Å². The van der Waals surface area contributed by atoms with Gasteiger partial charge in [0.1, 0.15) is 0 Å². The first-order valence-electron chi connectivity index (χ1n) is 4.91. The van der Waals surface area contributed by atoms with Gasteiger partial charge < -0.3 is 5.73 Å². The van der Waals surface area contributed by atoms with Gasteiger partial charge in [0.25, 0.3) is 0 Å². The molecular weight excluding hydrogens is 162 g/mol. The van der Waals surface area contributed by atoms with E-state index in [1.807, 2.05) is 24.9 Å². The molecule has 0 fully saturated rings. The number of nitrogens with zero attached hydrogens (tertiary/aromatic N) is 2. The van der Waals surface area contributed by atoms with E-state index in [4.69, 9.17) is 5.73 Å². The Labute approximate surface area is 79.9 Å². The quantitative estimate of drug-likeness (QED) is 0.771. The molecule has 0 spiro atoms. The monoisotopic (exact) mass is 181 g/mol. The van der Waals surface area contributed by atoms with E-state index in [2.05, 4.69) is 12.0 Å². The maximum absolute atomic E-state index is 6.04. The Bertz CT molecular complexity index is 265. The average molecular weight is 181 g/mol. The molecule has 1 heterocycles. The molecule has 0 aliphatic rings. The SMILES string of the molecule is CCCCC(N)c1cn(C)nc1C. The van der Waals surface area contributed by atoms with E-state index in [1.54, 1.807) is 0 Å². The Morgan fingerprint density at radius 1 is 1.62 bits per heavy atom. The summed E-state index contributed by atoms with van der Waals surface area (Å²) in [4.78, 5) is 0. The van der Waals surface area contributed by atoms with E-state index >= 15 is 0 Å². The van der Waals surface area contributed by atoms with Crippen LogP contribution in [0.15, 0.2) is 6.20 Å². The topological polar surface area (TPSA) is 43.8 Å². The predicted molar refractivity (Wildman–Crippen MR) is 54.4 cm³/mol. The van der Waals surface area contributed by atoms with Gasteiger partial charge in [-0.25, -0.2) is 0 Å². The highest BCUT2D eigenvalue weighted by atomic mass is 15.2. The van der Waals surface area contributed by atoms with E-state index in [1.165, 1.54) is 18.4 Å². The molecule has 1 atom stereocenters. The Hall–Kier alpha value is -0.830. The Balaban J connectivity index is 2.64. The Kier molecular flexibility index (Phi) is 3.48. The van der Waals surface area contributed by atoms with Gasteiger partial charge in [0.15, 0.2) is 0 Å². The second kappa shape index (κ2) is 4.42. The minimum Gasteiger partial charge on any atom is -0.324 e. The van der Waals surface area contributed by atoms with Crippen molar-refractivity contribution in [3.05, 3.63) is 17.5 Å². The lowest BCUT2D eigenvalue weighted by molar-refractivity contribution is 0.600. The van der Waals surface area contributed by atoms with Gasteiger partial charge in [-0.05, 0) is 13.3 Å². The first kappa shape index (κ1) is 10.3. The van der Waals surface area contributed by atoms with E-state index in [0.29, 0.717) is 0 Å². The van der Waals surface area contributed by atoms with Crippen LogP contribution in [0.3, 0.4) is 0 Å². The van der Waals surface area contributed by atoms with Crippen LogP contribution in [0.4, 0.5) is 0 Å². The highest BCUT2D eigenvalue weighted by molar-refractivity contribution is 5.19. The summed E-state index contributed by atoms with van der Waals surface area (Å²) >= 11 is 0. The minimum atomic E-state index is 0.161. The molecule has 0 saturated heterocycles. The second-order valence-corrected chi connectivity index (χ2v) is 3.59. The molecule has 1 unspecified atom stereocenters. The number of nitrogens with two attached hydrogens (primary N) is 1. The summed E-state index contributed by atoms with van der Waals surface area (Å²) in [7, 11) is 1.93.